The average molecular weight is 428 g/mol. The highest BCUT2D eigenvalue weighted by atomic mass is 16.4. The van der Waals surface area contributed by atoms with E-state index in [1.165, 1.54) is 116 Å². The van der Waals surface area contributed by atoms with E-state index in [0.717, 1.165) is 17.3 Å². The van der Waals surface area contributed by atoms with Crippen LogP contribution in [0.4, 0.5) is 0 Å². The van der Waals surface area contributed by atoms with Crippen LogP contribution in [0.2, 0.25) is 0 Å². The molecule has 0 aromatic carbocycles. The molecule has 0 radical (unpaired) electrons. The Morgan fingerprint density at radius 2 is 0.833 bits per heavy atom. The fraction of sp³-hybridized carbons (Fsp3) is 0.963. The summed E-state index contributed by atoms with van der Waals surface area (Å²) in [5, 5.41) is 10.1. The number of carboxylic acids is 1. The molecule has 0 unspecified atom stereocenters. The fourth-order valence-corrected chi connectivity index (χ4v) is 3.65. The SMILES string of the molecule is CCCCCCCCCCCC(=O)[O-].CCCCCCCCCCCC[N+](C)(C)C. The maximum atomic E-state index is 10.1. The van der Waals surface area contributed by atoms with Crippen LogP contribution in [-0.4, -0.2) is 38.1 Å². The third-order valence-electron chi connectivity index (χ3n) is 5.67. The minimum atomic E-state index is -0.909. The van der Waals surface area contributed by atoms with E-state index in [-0.39, 0.29) is 6.42 Å². The van der Waals surface area contributed by atoms with E-state index < -0.39 is 5.97 Å². The number of quaternary nitrogens is 1. The Labute approximate surface area is 190 Å². The molecule has 0 aliphatic rings. The molecule has 0 saturated carbocycles. The number of rotatable bonds is 21. The molecular weight excluding hydrogens is 370 g/mol. The molecular formula is C27H57NO2. The van der Waals surface area contributed by atoms with Crippen LogP contribution in [0.15, 0.2) is 0 Å². The smallest absolute Gasteiger partial charge is 0.0780 e. The third-order valence-corrected chi connectivity index (χ3v) is 5.67. The average Bonchev–Trinajstić information content (AvgIpc) is 2.67. The van der Waals surface area contributed by atoms with Gasteiger partial charge in [0.05, 0.1) is 27.7 Å². The van der Waals surface area contributed by atoms with E-state index in [1.54, 1.807) is 0 Å². The van der Waals surface area contributed by atoms with Gasteiger partial charge in [-0.3, -0.25) is 0 Å². The first kappa shape index (κ1) is 31.6. The molecule has 0 aromatic rings. The highest BCUT2D eigenvalue weighted by molar-refractivity contribution is 5.63. The molecule has 0 N–H and O–H groups in total. The van der Waals surface area contributed by atoms with E-state index in [2.05, 4.69) is 35.0 Å². The molecule has 3 heteroatoms. The van der Waals surface area contributed by atoms with Crippen molar-refractivity contribution in [3.8, 4) is 0 Å². The zero-order valence-corrected chi connectivity index (χ0v) is 21.6. The lowest BCUT2D eigenvalue weighted by Crippen LogP contribution is -2.35. The van der Waals surface area contributed by atoms with Crippen LogP contribution >= 0.6 is 0 Å². The van der Waals surface area contributed by atoms with Crippen LogP contribution in [0.1, 0.15) is 142 Å². The number of hydrogen-bond donors (Lipinski definition) is 0. The first-order valence-electron chi connectivity index (χ1n) is 13.3. The van der Waals surface area contributed by atoms with Crippen LogP contribution in [-0.2, 0) is 4.79 Å². The number of carboxylic acid groups (broad SMARTS) is 1. The second kappa shape index (κ2) is 24.7. The van der Waals surface area contributed by atoms with Crippen molar-refractivity contribution in [3.63, 3.8) is 0 Å². The molecule has 0 saturated heterocycles. The fourth-order valence-electron chi connectivity index (χ4n) is 3.65. The molecule has 0 bridgehead atoms. The van der Waals surface area contributed by atoms with Gasteiger partial charge in [0.1, 0.15) is 0 Å². The highest BCUT2D eigenvalue weighted by Gasteiger charge is 2.04. The van der Waals surface area contributed by atoms with E-state index in [1.807, 2.05) is 0 Å². The maximum absolute atomic E-state index is 10.1. The Morgan fingerprint density at radius 1 is 0.533 bits per heavy atom. The molecule has 0 aromatic heterocycles. The zero-order chi connectivity index (χ0) is 22.9. The largest absolute Gasteiger partial charge is 0.550 e. The van der Waals surface area contributed by atoms with Crippen LogP contribution in [0.25, 0.3) is 0 Å². The van der Waals surface area contributed by atoms with E-state index in [4.69, 9.17) is 0 Å². The quantitative estimate of drug-likeness (QED) is 0.143. The predicted octanol–water partition coefficient (Wildman–Crippen LogP) is 7.27. The minimum absolute atomic E-state index is 0.232. The summed E-state index contributed by atoms with van der Waals surface area (Å²) in [5.41, 5.74) is 0. The summed E-state index contributed by atoms with van der Waals surface area (Å²) in [5.74, 6) is -0.909. The van der Waals surface area contributed by atoms with Crippen LogP contribution in [0.3, 0.4) is 0 Å². The zero-order valence-electron chi connectivity index (χ0n) is 21.6. The number of unbranched alkanes of at least 4 members (excludes halogenated alkanes) is 17. The van der Waals surface area contributed by atoms with Crippen LogP contribution in [0.5, 0.6) is 0 Å². The Bertz CT molecular complexity index is 336. The molecule has 0 aliphatic carbocycles. The van der Waals surface area contributed by atoms with Crippen molar-refractivity contribution in [1.29, 1.82) is 0 Å². The van der Waals surface area contributed by atoms with Crippen molar-refractivity contribution in [3.05, 3.63) is 0 Å². The first-order chi connectivity index (χ1) is 14.3. The van der Waals surface area contributed by atoms with Crippen LogP contribution in [0, 0.1) is 0 Å². The minimum Gasteiger partial charge on any atom is -0.550 e. The van der Waals surface area contributed by atoms with Gasteiger partial charge in [-0.2, -0.15) is 0 Å². The van der Waals surface area contributed by atoms with Crippen molar-refractivity contribution in [1.82, 2.24) is 0 Å². The molecule has 30 heavy (non-hydrogen) atoms. The van der Waals surface area contributed by atoms with Crippen molar-refractivity contribution < 1.29 is 14.4 Å². The van der Waals surface area contributed by atoms with Gasteiger partial charge in [0.2, 0.25) is 0 Å². The third kappa shape index (κ3) is 34.9. The molecule has 0 aliphatic heterocycles. The molecule has 182 valence electrons. The molecule has 0 amide bonds. The summed E-state index contributed by atoms with van der Waals surface area (Å²) in [4.78, 5) is 10.1. The molecule has 0 rings (SSSR count). The number of aliphatic carboxylic acids is 1. The Balaban J connectivity index is 0. The lowest BCUT2D eigenvalue weighted by molar-refractivity contribution is -0.870. The normalized spacial score (nSPS) is 11.2. The van der Waals surface area contributed by atoms with Gasteiger partial charge in [0.15, 0.2) is 0 Å². The van der Waals surface area contributed by atoms with Gasteiger partial charge in [0, 0.05) is 5.97 Å². The first-order valence-corrected chi connectivity index (χ1v) is 13.3. The number of hydrogen-bond acceptors (Lipinski definition) is 2. The number of carbonyl (C=O) groups excluding carboxylic acids is 1. The lowest BCUT2D eigenvalue weighted by Gasteiger charge is -2.23. The van der Waals surface area contributed by atoms with Crippen molar-refractivity contribution in [2.75, 3.05) is 27.7 Å². The van der Waals surface area contributed by atoms with Crippen molar-refractivity contribution in [2.45, 2.75) is 142 Å². The van der Waals surface area contributed by atoms with Gasteiger partial charge in [-0.15, -0.1) is 0 Å². The van der Waals surface area contributed by atoms with Gasteiger partial charge in [-0.25, -0.2) is 0 Å². The predicted molar refractivity (Wildman–Crippen MR) is 132 cm³/mol. The van der Waals surface area contributed by atoms with E-state index >= 15 is 0 Å². The molecule has 0 heterocycles. The summed E-state index contributed by atoms with van der Waals surface area (Å²) in [7, 11) is 6.86. The maximum Gasteiger partial charge on any atom is 0.0780 e. The lowest BCUT2D eigenvalue weighted by atomic mass is 10.1. The molecule has 0 fully saturated rings. The highest BCUT2D eigenvalue weighted by Crippen LogP contribution is 2.11. The monoisotopic (exact) mass is 427 g/mol. The molecule has 0 spiro atoms. The van der Waals surface area contributed by atoms with E-state index in [0.29, 0.717) is 0 Å². The van der Waals surface area contributed by atoms with Gasteiger partial charge >= 0.3 is 0 Å². The molecule has 3 nitrogen and oxygen atoms in total. The van der Waals surface area contributed by atoms with Crippen LogP contribution < -0.4 is 5.11 Å². The summed E-state index contributed by atoms with van der Waals surface area (Å²) in [6.45, 7) is 5.84. The second-order valence-electron chi connectivity index (χ2n) is 10.1. The van der Waals surface area contributed by atoms with Crippen molar-refractivity contribution >= 4 is 5.97 Å². The number of nitrogens with zero attached hydrogens (tertiary/aromatic N) is 1. The summed E-state index contributed by atoms with van der Waals surface area (Å²) < 4.78 is 1.12. The van der Waals surface area contributed by atoms with Crippen molar-refractivity contribution in [2.24, 2.45) is 0 Å². The van der Waals surface area contributed by atoms with Gasteiger partial charge < -0.3 is 14.4 Å². The molecule has 0 atom stereocenters. The second-order valence-corrected chi connectivity index (χ2v) is 10.1. The Hall–Kier alpha value is -0.570. The standard InChI is InChI=1S/C15H34N.C12H24O2/c1-5-6-7-8-9-10-11-12-13-14-15-16(2,3)4;1-2-3-4-5-6-7-8-9-10-11-12(13)14/h5-15H2,1-4H3;2-11H2,1H3,(H,13,14)/q+1;/p-1. The topological polar surface area (TPSA) is 40.1 Å². The summed E-state index contributed by atoms with van der Waals surface area (Å²) >= 11 is 0. The summed E-state index contributed by atoms with van der Waals surface area (Å²) in [6, 6.07) is 0. The Morgan fingerprint density at radius 3 is 1.13 bits per heavy atom. The van der Waals surface area contributed by atoms with Gasteiger partial charge in [0.25, 0.3) is 0 Å². The Kier molecular flexibility index (Phi) is 26.0. The van der Waals surface area contributed by atoms with Gasteiger partial charge in [-0.05, 0) is 25.7 Å². The van der Waals surface area contributed by atoms with Gasteiger partial charge in [-0.1, -0.05) is 117 Å². The number of carbonyl (C=O) groups is 1. The van der Waals surface area contributed by atoms with E-state index in [9.17, 15) is 9.90 Å². The summed E-state index contributed by atoms with van der Waals surface area (Å²) in [6.07, 6.45) is 25.6.